The third kappa shape index (κ3) is 4.95. The minimum atomic E-state index is -3.89. The van der Waals surface area contributed by atoms with Gasteiger partial charge in [-0.1, -0.05) is 37.0 Å². The predicted octanol–water partition coefficient (Wildman–Crippen LogP) is 3.90. The first-order valence-electron chi connectivity index (χ1n) is 10.4. The molecule has 1 amide bonds. The quantitative estimate of drug-likeness (QED) is 0.697. The van der Waals surface area contributed by atoms with Gasteiger partial charge in [0.05, 0.1) is 30.4 Å². The van der Waals surface area contributed by atoms with Crippen molar-refractivity contribution in [3.05, 3.63) is 47.5 Å². The van der Waals surface area contributed by atoms with Crippen molar-refractivity contribution >= 4 is 21.6 Å². The average molecular weight is 447 g/mol. The van der Waals surface area contributed by atoms with Gasteiger partial charge in [0, 0.05) is 19.2 Å². The Hall–Kier alpha value is -2.74. The number of methoxy groups -OCH3 is 2. The maximum atomic E-state index is 13.3. The summed E-state index contributed by atoms with van der Waals surface area (Å²) >= 11 is 0. The van der Waals surface area contributed by atoms with Crippen LogP contribution in [0.25, 0.3) is 0 Å². The van der Waals surface area contributed by atoms with Crippen LogP contribution in [-0.2, 0) is 10.0 Å². The topological polar surface area (TPSA) is 84.9 Å². The van der Waals surface area contributed by atoms with E-state index in [4.69, 9.17) is 9.47 Å². The highest BCUT2D eigenvalue weighted by Crippen LogP contribution is 2.37. The van der Waals surface area contributed by atoms with E-state index in [0.717, 1.165) is 35.6 Å². The number of carbonyl (C=O) groups excluding carboxylic acids is 1. The van der Waals surface area contributed by atoms with Gasteiger partial charge in [-0.2, -0.15) is 0 Å². The van der Waals surface area contributed by atoms with Crippen LogP contribution in [0.4, 0.5) is 5.69 Å². The first kappa shape index (κ1) is 22.9. The first-order chi connectivity index (χ1) is 14.8. The normalized spacial score (nSPS) is 14.7. The number of carbonyl (C=O) groups is 1. The summed E-state index contributed by atoms with van der Waals surface area (Å²) < 4.78 is 38.4. The Balaban J connectivity index is 2.04. The molecule has 1 saturated carbocycles. The van der Waals surface area contributed by atoms with Crippen LogP contribution in [0.1, 0.15) is 48.0 Å². The van der Waals surface area contributed by atoms with Crippen molar-refractivity contribution in [1.29, 1.82) is 0 Å². The van der Waals surface area contributed by atoms with Crippen LogP contribution in [0.15, 0.2) is 41.3 Å². The molecular formula is C23H30N2O5S. The largest absolute Gasteiger partial charge is 0.493 e. The lowest BCUT2D eigenvalue weighted by Crippen LogP contribution is -2.37. The van der Waals surface area contributed by atoms with Crippen molar-refractivity contribution in [1.82, 2.24) is 5.32 Å². The molecule has 8 heteroatoms. The Kier molecular flexibility index (Phi) is 7.10. The molecule has 1 aliphatic rings. The Labute approximate surface area is 184 Å². The van der Waals surface area contributed by atoms with E-state index < -0.39 is 10.0 Å². The lowest BCUT2D eigenvalue weighted by atomic mass is 9.95. The van der Waals surface area contributed by atoms with E-state index in [1.54, 1.807) is 24.3 Å². The molecule has 1 N–H and O–H groups in total. The molecule has 0 saturated heterocycles. The number of hydrogen-bond acceptors (Lipinski definition) is 5. The van der Waals surface area contributed by atoms with Gasteiger partial charge in [0.25, 0.3) is 15.9 Å². The summed E-state index contributed by atoms with van der Waals surface area (Å²) in [4.78, 5) is 13.3. The highest BCUT2D eigenvalue weighted by atomic mass is 32.2. The number of amides is 1. The van der Waals surface area contributed by atoms with Gasteiger partial charge < -0.3 is 14.8 Å². The highest BCUT2D eigenvalue weighted by Gasteiger charge is 2.28. The zero-order valence-electron chi connectivity index (χ0n) is 18.5. The lowest BCUT2D eigenvalue weighted by molar-refractivity contribution is 0.0928. The summed E-state index contributed by atoms with van der Waals surface area (Å²) in [6.45, 7) is 1.89. The minimum Gasteiger partial charge on any atom is -0.493 e. The molecule has 0 radical (unpaired) electrons. The molecule has 1 aliphatic carbocycles. The maximum absolute atomic E-state index is 13.3. The molecule has 2 aromatic carbocycles. The summed E-state index contributed by atoms with van der Waals surface area (Å²) in [6.07, 6.45) is 5.17. The number of benzene rings is 2. The molecule has 0 unspecified atom stereocenters. The molecule has 3 rings (SSSR count). The number of nitrogens with one attached hydrogen (secondary N) is 1. The standard InChI is InChI=1S/C23H30N2O5S/c1-16-10-12-18(13-11-16)31(27,28)25(2)20-15-22(30-4)21(29-3)14-19(20)23(26)24-17-8-6-5-7-9-17/h10-15,17H,5-9H2,1-4H3,(H,24,26). The summed E-state index contributed by atoms with van der Waals surface area (Å²) in [6, 6.07) is 9.75. The summed E-state index contributed by atoms with van der Waals surface area (Å²) in [5.41, 5.74) is 1.41. The van der Waals surface area contributed by atoms with E-state index in [1.165, 1.54) is 39.8 Å². The van der Waals surface area contributed by atoms with Gasteiger partial charge in [-0.15, -0.1) is 0 Å². The number of hydrogen-bond donors (Lipinski definition) is 1. The van der Waals surface area contributed by atoms with Crippen molar-refractivity contribution in [2.75, 3.05) is 25.6 Å². The smallest absolute Gasteiger partial charge is 0.264 e. The second-order valence-electron chi connectivity index (χ2n) is 7.82. The molecule has 2 aromatic rings. The third-order valence-corrected chi connectivity index (χ3v) is 7.49. The van der Waals surface area contributed by atoms with Crippen molar-refractivity contribution in [2.24, 2.45) is 0 Å². The van der Waals surface area contributed by atoms with Crippen molar-refractivity contribution < 1.29 is 22.7 Å². The van der Waals surface area contributed by atoms with Crippen molar-refractivity contribution in [2.45, 2.75) is 50.0 Å². The number of rotatable bonds is 7. The van der Waals surface area contributed by atoms with Gasteiger partial charge in [-0.05, 0) is 38.0 Å². The average Bonchev–Trinajstić information content (AvgIpc) is 2.78. The molecule has 0 aliphatic heterocycles. The van der Waals surface area contributed by atoms with Gasteiger partial charge in [0.2, 0.25) is 0 Å². The van der Waals surface area contributed by atoms with Crippen LogP contribution in [0.2, 0.25) is 0 Å². The van der Waals surface area contributed by atoms with Gasteiger partial charge in [-0.25, -0.2) is 8.42 Å². The molecule has 0 bridgehead atoms. The Morgan fingerprint density at radius 3 is 2.16 bits per heavy atom. The Morgan fingerprint density at radius 1 is 1.00 bits per heavy atom. The SMILES string of the molecule is COc1cc(C(=O)NC2CCCCC2)c(N(C)S(=O)(=O)c2ccc(C)cc2)cc1OC. The number of anilines is 1. The second-order valence-corrected chi connectivity index (χ2v) is 9.79. The van der Waals surface area contributed by atoms with Crippen LogP contribution in [0, 0.1) is 6.92 Å². The zero-order chi connectivity index (χ0) is 22.6. The molecule has 0 heterocycles. The molecule has 0 atom stereocenters. The van der Waals surface area contributed by atoms with Crippen LogP contribution in [0.3, 0.4) is 0 Å². The van der Waals surface area contributed by atoms with Crippen LogP contribution in [-0.4, -0.2) is 41.6 Å². The van der Waals surface area contributed by atoms with Crippen LogP contribution >= 0.6 is 0 Å². The van der Waals surface area contributed by atoms with Crippen molar-refractivity contribution in [3.8, 4) is 11.5 Å². The molecule has 0 spiro atoms. The summed E-state index contributed by atoms with van der Waals surface area (Å²) in [7, 11) is 0.502. The Morgan fingerprint density at radius 2 is 1.58 bits per heavy atom. The van der Waals surface area contributed by atoms with E-state index in [-0.39, 0.29) is 28.1 Å². The fourth-order valence-corrected chi connectivity index (χ4v) is 5.02. The second kappa shape index (κ2) is 9.60. The van der Waals surface area contributed by atoms with E-state index >= 15 is 0 Å². The fourth-order valence-electron chi connectivity index (χ4n) is 3.82. The number of sulfonamides is 1. The van der Waals surface area contributed by atoms with E-state index in [1.807, 2.05) is 6.92 Å². The van der Waals surface area contributed by atoms with E-state index in [2.05, 4.69) is 5.32 Å². The molecular weight excluding hydrogens is 416 g/mol. The van der Waals surface area contributed by atoms with E-state index in [0.29, 0.717) is 11.5 Å². The summed E-state index contributed by atoms with van der Waals surface area (Å²) in [5.74, 6) is 0.382. The predicted molar refractivity (Wildman–Crippen MR) is 121 cm³/mol. The maximum Gasteiger partial charge on any atom is 0.264 e. The van der Waals surface area contributed by atoms with E-state index in [9.17, 15) is 13.2 Å². The first-order valence-corrected chi connectivity index (χ1v) is 11.8. The lowest BCUT2D eigenvalue weighted by Gasteiger charge is -2.26. The number of ether oxygens (including phenoxy) is 2. The fraction of sp³-hybridized carbons (Fsp3) is 0.435. The van der Waals surface area contributed by atoms with Gasteiger partial charge in [-0.3, -0.25) is 9.10 Å². The molecule has 1 fully saturated rings. The summed E-state index contributed by atoms with van der Waals surface area (Å²) in [5, 5.41) is 3.06. The third-order valence-electron chi connectivity index (χ3n) is 5.71. The Bertz CT molecular complexity index is 1030. The van der Waals surface area contributed by atoms with Crippen LogP contribution < -0.4 is 19.1 Å². The van der Waals surface area contributed by atoms with Crippen LogP contribution in [0.5, 0.6) is 11.5 Å². The molecule has 168 valence electrons. The molecule has 0 aromatic heterocycles. The number of aryl methyl sites for hydroxylation is 1. The molecule has 7 nitrogen and oxygen atoms in total. The zero-order valence-corrected chi connectivity index (χ0v) is 19.3. The highest BCUT2D eigenvalue weighted by molar-refractivity contribution is 7.92. The number of nitrogens with zero attached hydrogens (tertiary/aromatic N) is 1. The monoisotopic (exact) mass is 446 g/mol. The van der Waals surface area contributed by atoms with Crippen molar-refractivity contribution in [3.63, 3.8) is 0 Å². The van der Waals surface area contributed by atoms with Gasteiger partial charge in [0.15, 0.2) is 11.5 Å². The van der Waals surface area contributed by atoms with Gasteiger partial charge in [0.1, 0.15) is 0 Å². The minimum absolute atomic E-state index is 0.0845. The van der Waals surface area contributed by atoms with Gasteiger partial charge >= 0.3 is 0 Å². The molecule has 31 heavy (non-hydrogen) atoms.